The van der Waals surface area contributed by atoms with Crippen LogP contribution in [-0.2, 0) is 6.54 Å². The molecule has 1 heterocycles. The van der Waals surface area contributed by atoms with E-state index in [4.69, 9.17) is 0 Å². The van der Waals surface area contributed by atoms with E-state index in [0.29, 0.717) is 17.9 Å². The third-order valence-corrected chi connectivity index (χ3v) is 2.92. The summed E-state index contributed by atoms with van der Waals surface area (Å²) in [6.07, 6.45) is 8.90. The Balaban J connectivity index is 2.27. The minimum absolute atomic E-state index is 0.296. The van der Waals surface area contributed by atoms with Gasteiger partial charge in [-0.05, 0) is 30.6 Å². The first-order chi connectivity index (χ1) is 7.51. The molecule has 3 nitrogen and oxygen atoms in total. The summed E-state index contributed by atoms with van der Waals surface area (Å²) >= 11 is 0. The highest BCUT2D eigenvalue weighted by Gasteiger charge is 2.14. The van der Waals surface area contributed by atoms with Gasteiger partial charge in [-0.2, -0.15) is 0 Å². The summed E-state index contributed by atoms with van der Waals surface area (Å²) in [7, 11) is 0. The molecule has 0 spiro atoms. The maximum Gasteiger partial charge on any atom is 0.0945 e. The monoisotopic (exact) mass is 224 g/mol. The summed E-state index contributed by atoms with van der Waals surface area (Å²) in [5.41, 5.74) is 0.364. The van der Waals surface area contributed by atoms with Gasteiger partial charge in [0.15, 0.2) is 0 Å². The molecule has 0 aromatic carbocycles. The number of rotatable bonds is 6. The Bertz CT molecular complexity index is 275. The molecule has 0 saturated carbocycles. The summed E-state index contributed by atoms with van der Waals surface area (Å²) in [6, 6.07) is 0. The van der Waals surface area contributed by atoms with Crippen LogP contribution in [-0.4, -0.2) is 21.3 Å². The van der Waals surface area contributed by atoms with Crippen LogP contribution in [0.1, 0.15) is 40.0 Å². The van der Waals surface area contributed by atoms with Crippen molar-refractivity contribution in [3.8, 4) is 0 Å². The highest BCUT2D eigenvalue weighted by atomic mass is 16.3. The highest BCUT2D eigenvalue weighted by molar-refractivity contribution is 4.75. The fourth-order valence-electron chi connectivity index (χ4n) is 1.71. The van der Waals surface area contributed by atoms with E-state index in [0.717, 1.165) is 19.4 Å². The largest absolute Gasteiger partial charge is 0.396 e. The molecule has 1 rings (SSSR count). The van der Waals surface area contributed by atoms with E-state index >= 15 is 0 Å². The van der Waals surface area contributed by atoms with Crippen molar-refractivity contribution in [2.75, 3.05) is 6.61 Å². The van der Waals surface area contributed by atoms with Crippen molar-refractivity contribution in [1.82, 2.24) is 9.55 Å². The number of aliphatic hydroxyl groups is 1. The average Bonchev–Trinajstić information content (AvgIpc) is 2.69. The quantitative estimate of drug-likeness (QED) is 0.806. The summed E-state index contributed by atoms with van der Waals surface area (Å²) < 4.78 is 2.07. The fraction of sp³-hybridized carbons (Fsp3) is 0.769. The van der Waals surface area contributed by atoms with Crippen molar-refractivity contribution < 1.29 is 5.11 Å². The smallest absolute Gasteiger partial charge is 0.0945 e. The van der Waals surface area contributed by atoms with Gasteiger partial charge in [-0.1, -0.05) is 20.8 Å². The van der Waals surface area contributed by atoms with Gasteiger partial charge in [-0.15, -0.1) is 0 Å². The number of hydrogen-bond donors (Lipinski definition) is 1. The lowest BCUT2D eigenvalue weighted by Gasteiger charge is -2.22. The number of hydrogen-bond acceptors (Lipinski definition) is 2. The molecular formula is C13H24N2O. The zero-order valence-corrected chi connectivity index (χ0v) is 10.7. The van der Waals surface area contributed by atoms with Gasteiger partial charge in [0.2, 0.25) is 0 Å². The van der Waals surface area contributed by atoms with Crippen LogP contribution in [0.25, 0.3) is 0 Å². The van der Waals surface area contributed by atoms with E-state index in [1.54, 1.807) is 6.20 Å². The second kappa shape index (κ2) is 6.04. The molecule has 0 radical (unpaired) electrons. The van der Waals surface area contributed by atoms with Crippen molar-refractivity contribution in [3.05, 3.63) is 18.7 Å². The molecule has 0 fully saturated rings. The van der Waals surface area contributed by atoms with E-state index in [1.165, 1.54) is 6.42 Å². The molecule has 0 unspecified atom stereocenters. The van der Waals surface area contributed by atoms with Crippen molar-refractivity contribution in [1.29, 1.82) is 0 Å². The molecule has 1 N–H and O–H groups in total. The normalized spacial score (nSPS) is 14.0. The Morgan fingerprint density at radius 1 is 1.31 bits per heavy atom. The van der Waals surface area contributed by atoms with Crippen LogP contribution in [0.15, 0.2) is 18.7 Å². The molecule has 0 aliphatic carbocycles. The number of imidazole rings is 1. The van der Waals surface area contributed by atoms with Crippen LogP contribution in [0.4, 0.5) is 0 Å². The number of aliphatic hydroxyl groups excluding tert-OH is 1. The highest BCUT2D eigenvalue weighted by Crippen LogP contribution is 2.24. The van der Waals surface area contributed by atoms with Crippen LogP contribution in [0.5, 0.6) is 0 Å². The zero-order chi connectivity index (χ0) is 12.0. The van der Waals surface area contributed by atoms with Crippen LogP contribution < -0.4 is 0 Å². The zero-order valence-electron chi connectivity index (χ0n) is 10.7. The van der Waals surface area contributed by atoms with Crippen LogP contribution in [0, 0.1) is 11.3 Å². The van der Waals surface area contributed by atoms with Gasteiger partial charge in [0.05, 0.1) is 6.33 Å². The standard InChI is InChI=1S/C13H24N2O/c1-13(2,3)6-4-12(10-16)5-8-15-9-7-14-11-15/h7,9,11-12,16H,4-6,8,10H2,1-3H3/t12-/m1/s1. The minimum atomic E-state index is 0.296. The third kappa shape index (κ3) is 5.31. The third-order valence-electron chi connectivity index (χ3n) is 2.92. The van der Waals surface area contributed by atoms with E-state index in [2.05, 4.69) is 30.3 Å². The summed E-state index contributed by atoms with van der Waals surface area (Å²) in [4.78, 5) is 4.01. The van der Waals surface area contributed by atoms with Gasteiger partial charge < -0.3 is 9.67 Å². The summed E-state index contributed by atoms with van der Waals surface area (Å²) in [6.45, 7) is 7.99. The van der Waals surface area contributed by atoms with Crippen LogP contribution in [0.3, 0.4) is 0 Å². The second-order valence-corrected chi connectivity index (χ2v) is 5.74. The van der Waals surface area contributed by atoms with Gasteiger partial charge >= 0.3 is 0 Å². The minimum Gasteiger partial charge on any atom is -0.396 e. The van der Waals surface area contributed by atoms with Crippen molar-refractivity contribution in [2.24, 2.45) is 11.3 Å². The first-order valence-electron chi connectivity index (χ1n) is 6.08. The predicted octanol–water partition coefficient (Wildman–Crippen LogP) is 2.71. The Hall–Kier alpha value is -0.830. The molecule has 92 valence electrons. The van der Waals surface area contributed by atoms with Gasteiger partial charge in [-0.3, -0.25) is 0 Å². The molecule has 1 aromatic heterocycles. The van der Waals surface area contributed by atoms with Crippen molar-refractivity contribution in [3.63, 3.8) is 0 Å². The lowest BCUT2D eigenvalue weighted by Crippen LogP contribution is -2.14. The van der Waals surface area contributed by atoms with E-state index in [9.17, 15) is 5.11 Å². The van der Waals surface area contributed by atoms with Crippen molar-refractivity contribution in [2.45, 2.75) is 46.6 Å². The molecule has 0 saturated heterocycles. The SMILES string of the molecule is CC(C)(C)CC[C@@H](CO)CCn1ccnc1. The first kappa shape index (κ1) is 13.2. The maximum absolute atomic E-state index is 9.33. The van der Waals surface area contributed by atoms with E-state index < -0.39 is 0 Å². The Morgan fingerprint density at radius 3 is 2.56 bits per heavy atom. The molecular weight excluding hydrogens is 200 g/mol. The van der Waals surface area contributed by atoms with Crippen LogP contribution >= 0.6 is 0 Å². The average molecular weight is 224 g/mol. The first-order valence-corrected chi connectivity index (χ1v) is 6.08. The fourth-order valence-corrected chi connectivity index (χ4v) is 1.71. The molecule has 0 amide bonds. The van der Waals surface area contributed by atoms with Crippen molar-refractivity contribution >= 4 is 0 Å². The van der Waals surface area contributed by atoms with E-state index in [1.807, 2.05) is 12.5 Å². The van der Waals surface area contributed by atoms with Gasteiger partial charge in [-0.25, -0.2) is 4.98 Å². The summed E-state index contributed by atoms with van der Waals surface area (Å²) in [5, 5.41) is 9.33. The Labute approximate surface area is 98.5 Å². The number of nitrogens with zero attached hydrogens (tertiary/aromatic N) is 2. The van der Waals surface area contributed by atoms with Crippen LogP contribution in [0.2, 0.25) is 0 Å². The van der Waals surface area contributed by atoms with Gasteiger partial charge in [0.1, 0.15) is 0 Å². The topological polar surface area (TPSA) is 38.0 Å². The molecule has 3 heteroatoms. The lowest BCUT2D eigenvalue weighted by atomic mass is 9.86. The molecule has 0 aliphatic heterocycles. The molecule has 16 heavy (non-hydrogen) atoms. The molecule has 1 aromatic rings. The van der Waals surface area contributed by atoms with Gasteiger partial charge in [0.25, 0.3) is 0 Å². The maximum atomic E-state index is 9.33. The lowest BCUT2D eigenvalue weighted by molar-refractivity contribution is 0.188. The molecule has 0 bridgehead atoms. The predicted molar refractivity (Wildman–Crippen MR) is 66.1 cm³/mol. The summed E-state index contributed by atoms with van der Waals surface area (Å²) in [5.74, 6) is 0.418. The molecule has 0 aliphatic rings. The van der Waals surface area contributed by atoms with E-state index in [-0.39, 0.29) is 0 Å². The Kier molecular flexibility index (Phi) is 5.00. The van der Waals surface area contributed by atoms with Gasteiger partial charge in [0, 0.05) is 25.5 Å². The second-order valence-electron chi connectivity index (χ2n) is 5.74. The number of aromatic nitrogens is 2. The molecule has 1 atom stereocenters. The Morgan fingerprint density at radius 2 is 2.06 bits per heavy atom. The number of aryl methyl sites for hydroxylation is 1.